The van der Waals surface area contributed by atoms with Gasteiger partial charge in [0.05, 0.1) is 6.20 Å². The minimum absolute atomic E-state index is 0.284. The third-order valence-corrected chi connectivity index (χ3v) is 2.84. The maximum atomic E-state index is 13.2. The van der Waals surface area contributed by atoms with Crippen LogP contribution in [0.15, 0.2) is 36.8 Å². The van der Waals surface area contributed by atoms with Crippen molar-refractivity contribution in [3.63, 3.8) is 0 Å². The molecule has 0 aliphatic rings. The number of fused-ring (bicyclic) bond motifs is 1. The van der Waals surface area contributed by atoms with E-state index in [1.807, 2.05) is 0 Å². The summed E-state index contributed by atoms with van der Waals surface area (Å²) < 4.78 is 20.6. The second-order valence-corrected chi connectivity index (χ2v) is 4.25. The van der Waals surface area contributed by atoms with Crippen LogP contribution >= 0.6 is 0 Å². The molecular formula is C13H12FN5O. The summed E-state index contributed by atoms with van der Waals surface area (Å²) in [6.07, 6.45) is 5.06. The van der Waals surface area contributed by atoms with Crippen LogP contribution in [0.1, 0.15) is 5.56 Å². The smallest absolute Gasteiger partial charge is 0.265 e. The van der Waals surface area contributed by atoms with Crippen LogP contribution in [0.3, 0.4) is 0 Å². The van der Waals surface area contributed by atoms with Crippen LogP contribution in [0.5, 0.6) is 11.6 Å². The fraction of sp³-hybridized carbons (Fsp3) is 0.0769. The third kappa shape index (κ3) is 2.14. The topological polar surface area (TPSA) is 77.5 Å². The summed E-state index contributed by atoms with van der Waals surface area (Å²) in [7, 11) is 0. The van der Waals surface area contributed by atoms with Gasteiger partial charge in [-0.3, -0.25) is 4.40 Å². The number of aromatic nitrogens is 3. The molecule has 0 atom stereocenters. The number of hydrogen-bond donors (Lipinski definition) is 2. The molecule has 0 spiro atoms. The van der Waals surface area contributed by atoms with E-state index in [0.29, 0.717) is 22.8 Å². The van der Waals surface area contributed by atoms with Gasteiger partial charge in [0.1, 0.15) is 11.6 Å². The minimum Gasteiger partial charge on any atom is -0.436 e. The number of anilines is 1. The monoisotopic (exact) mass is 273 g/mol. The molecule has 102 valence electrons. The Morgan fingerprint density at radius 2 is 2.25 bits per heavy atom. The van der Waals surface area contributed by atoms with Crippen LogP contribution in [0.2, 0.25) is 0 Å². The Kier molecular flexibility index (Phi) is 2.96. The molecule has 0 unspecified atom stereocenters. The highest BCUT2D eigenvalue weighted by molar-refractivity contribution is 5.54. The van der Waals surface area contributed by atoms with Crippen molar-refractivity contribution in [2.45, 2.75) is 6.92 Å². The number of ether oxygens (including phenoxy) is 1. The predicted octanol–water partition coefficient (Wildman–Crippen LogP) is 2.25. The first kappa shape index (κ1) is 12.4. The minimum atomic E-state index is -0.284. The molecular weight excluding hydrogens is 261 g/mol. The van der Waals surface area contributed by atoms with Gasteiger partial charge in [0.2, 0.25) is 5.65 Å². The van der Waals surface area contributed by atoms with Crippen molar-refractivity contribution in [2.75, 3.05) is 5.43 Å². The van der Waals surface area contributed by atoms with Gasteiger partial charge < -0.3 is 10.2 Å². The Balaban J connectivity index is 2.04. The van der Waals surface area contributed by atoms with Gasteiger partial charge in [-0.2, -0.15) is 4.98 Å². The highest BCUT2D eigenvalue weighted by atomic mass is 19.1. The van der Waals surface area contributed by atoms with E-state index in [-0.39, 0.29) is 11.7 Å². The third-order valence-electron chi connectivity index (χ3n) is 2.84. The van der Waals surface area contributed by atoms with Crippen LogP contribution in [0.25, 0.3) is 5.65 Å². The molecule has 0 saturated heterocycles. The fourth-order valence-corrected chi connectivity index (χ4v) is 1.83. The molecule has 0 bridgehead atoms. The average Bonchev–Trinajstić information content (AvgIpc) is 2.91. The number of halogens is 1. The lowest BCUT2D eigenvalue weighted by Crippen LogP contribution is -2.10. The summed E-state index contributed by atoms with van der Waals surface area (Å²) in [6, 6.07) is 4.48. The van der Waals surface area contributed by atoms with Crippen LogP contribution < -0.4 is 16.0 Å². The molecule has 0 aliphatic carbocycles. The number of aryl methyl sites for hydroxylation is 1. The maximum Gasteiger partial charge on any atom is 0.265 e. The molecule has 0 saturated carbocycles. The molecule has 2 heterocycles. The quantitative estimate of drug-likeness (QED) is 0.565. The molecule has 1 aromatic carbocycles. The van der Waals surface area contributed by atoms with E-state index in [4.69, 9.17) is 10.6 Å². The predicted molar refractivity (Wildman–Crippen MR) is 72.0 cm³/mol. The number of imidazole rings is 1. The zero-order chi connectivity index (χ0) is 14.1. The van der Waals surface area contributed by atoms with Crippen molar-refractivity contribution in [3.8, 4) is 11.6 Å². The Hall–Kier alpha value is -2.67. The van der Waals surface area contributed by atoms with Gasteiger partial charge in [0.15, 0.2) is 5.82 Å². The summed E-state index contributed by atoms with van der Waals surface area (Å²) >= 11 is 0. The van der Waals surface area contributed by atoms with Gasteiger partial charge in [-0.15, -0.1) is 0 Å². The highest BCUT2D eigenvalue weighted by Crippen LogP contribution is 2.26. The summed E-state index contributed by atoms with van der Waals surface area (Å²) in [5.41, 5.74) is 3.50. The summed E-state index contributed by atoms with van der Waals surface area (Å²) in [4.78, 5) is 8.37. The average molecular weight is 273 g/mol. The largest absolute Gasteiger partial charge is 0.436 e. The molecule has 2 aromatic heterocycles. The van der Waals surface area contributed by atoms with Crippen molar-refractivity contribution in [3.05, 3.63) is 48.2 Å². The van der Waals surface area contributed by atoms with E-state index in [9.17, 15) is 4.39 Å². The molecule has 6 nitrogen and oxygen atoms in total. The van der Waals surface area contributed by atoms with E-state index in [2.05, 4.69) is 15.4 Å². The lowest BCUT2D eigenvalue weighted by Gasteiger charge is -2.09. The lowest BCUT2D eigenvalue weighted by atomic mass is 10.2. The SMILES string of the molecule is Cc1cc(Oc2nc(NN)cn3ccnc23)ccc1F. The summed E-state index contributed by atoms with van der Waals surface area (Å²) in [6.45, 7) is 1.67. The Bertz CT molecular complexity index is 771. The normalized spacial score (nSPS) is 10.8. The molecule has 3 rings (SSSR count). The van der Waals surface area contributed by atoms with Crippen LogP contribution in [0.4, 0.5) is 10.2 Å². The van der Waals surface area contributed by atoms with E-state index < -0.39 is 0 Å². The van der Waals surface area contributed by atoms with E-state index in [0.717, 1.165) is 0 Å². The molecule has 0 aliphatic heterocycles. The number of rotatable bonds is 3. The summed E-state index contributed by atoms with van der Waals surface area (Å²) in [5, 5.41) is 0. The fourth-order valence-electron chi connectivity index (χ4n) is 1.83. The van der Waals surface area contributed by atoms with Gasteiger partial charge in [0.25, 0.3) is 5.88 Å². The Morgan fingerprint density at radius 1 is 1.40 bits per heavy atom. The molecule has 0 fully saturated rings. The number of nitrogens with zero attached hydrogens (tertiary/aromatic N) is 3. The van der Waals surface area contributed by atoms with Crippen molar-refractivity contribution < 1.29 is 9.13 Å². The molecule has 0 amide bonds. The zero-order valence-electron chi connectivity index (χ0n) is 10.7. The first-order chi connectivity index (χ1) is 9.67. The number of nitrogens with two attached hydrogens (primary N) is 1. The van der Waals surface area contributed by atoms with Crippen molar-refractivity contribution in [2.24, 2.45) is 5.84 Å². The van der Waals surface area contributed by atoms with Gasteiger partial charge in [-0.05, 0) is 30.7 Å². The van der Waals surface area contributed by atoms with Gasteiger partial charge >= 0.3 is 0 Å². The Morgan fingerprint density at radius 3 is 3.00 bits per heavy atom. The van der Waals surface area contributed by atoms with Crippen molar-refractivity contribution >= 4 is 11.5 Å². The molecule has 20 heavy (non-hydrogen) atoms. The number of nitrogens with one attached hydrogen (secondary N) is 1. The van der Waals surface area contributed by atoms with Crippen LogP contribution in [-0.4, -0.2) is 14.4 Å². The van der Waals surface area contributed by atoms with Crippen LogP contribution in [0, 0.1) is 12.7 Å². The standard InChI is InChI=1S/C13H12FN5O/c1-8-6-9(2-3-10(8)14)20-13-12-16-4-5-19(12)7-11(17-13)18-15/h2-7,18H,15H2,1H3. The molecule has 3 aromatic rings. The van der Waals surface area contributed by atoms with E-state index in [1.54, 1.807) is 36.0 Å². The second kappa shape index (κ2) is 4.78. The molecule has 7 heteroatoms. The highest BCUT2D eigenvalue weighted by Gasteiger charge is 2.10. The molecule has 3 N–H and O–H groups in total. The number of hydrogen-bond acceptors (Lipinski definition) is 5. The van der Waals surface area contributed by atoms with Gasteiger partial charge in [-0.25, -0.2) is 15.2 Å². The first-order valence-corrected chi connectivity index (χ1v) is 5.91. The van der Waals surface area contributed by atoms with Crippen molar-refractivity contribution in [1.82, 2.24) is 14.4 Å². The Labute approximate surface area is 114 Å². The second-order valence-electron chi connectivity index (χ2n) is 4.25. The van der Waals surface area contributed by atoms with Gasteiger partial charge in [-0.1, -0.05) is 0 Å². The zero-order valence-corrected chi connectivity index (χ0v) is 10.7. The maximum absolute atomic E-state index is 13.2. The number of nitrogen functional groups attached to an aromatic ring is 1. The van der Waals surface area contributed by atoms with Gasteiger partial charge in [0, 0.05) is 12.4 Å². The van der Waals surface area contributed by atoms with Crippen LogP contribution in [-0.2, 0) is 0 Å². The molecule has 0 radical (unpaired) electrons. The summed E-state index contributed by atoms with van der Waals surface area (Å²) in [5.74, 6) is 6.29. The number of hydrazine groups is 1. The van der Waals surface area contributed by atoms with Crippen molar-refractivity contribution in [1.29, 1.82) is 0 Å². The lowest BCUT2D eigenvalue weighted by molar-refractivity contribution is 0.463. The van der Waals surface area contributed by atoms with E-state index >= 15 is 0 Å². The first-order valence-electron chi connectivity index (χ1n) is 5.91. The number of benzene rings is 1. The van der Waals surface area contributed by atoms with E-state index in [1.165, 1.54) is 12.1 Å².